The molecule has 25 heavy (non-hydrogen) atoms. The molecule has 0 bridgehead atoms. The zero-order chi connectivity index (χ0) is 17.3. The number of likely N-dealkylation sites (tertiary alicyclic amines) is 1. The van der Waals surface area contributed by atoms with Gasteiger partial charge in [0.25, 0.3) is 5.91 Å². The second-order valence-corrected chi connectivity index (χ2v) is 6.28. The maximum absolute atomic E-state index is 12.8. The number of carbonyl (C=O) groups is 1. The molecule has 3 rings (SSSR count). The molecule has 1 aromatic carbocycles. The first-order chi connectivity index (χ1) is 11.5. The highest BCUT2D eigenvalue weighted by Gasteiger charge is 2.27. The lowest BCUT2D eigenvalue weighted by Gasteiger charge is -2.34. The van der Waals surface area contributed by atoms with Crippen molar-refractivity contribution in [1.82, 2.24) is 9.80 Å². The summed E-state index contributed by atoms with van der Waals surface area (Å²) in [7, 11) is 5.35. The minimum Gasteiger partial charge on any atom is -1.00 e. The number of nitrogens with zero attached hydrogens (tertiary/aromatic N) is 2. The number of para-hydroxylation sites is 1. The molecule has 6 nitrogen and oxygen atoms in total. The third-order valence-corrected chi connectivity index (χ3v) is 4.73. The first-order valence-corrected chi connectivity index (χ1v) is 8.08. The molecule has 1 fully saturated rings. The summed E-state index contributed by atoms with van der Waals surface area (Å²) in [6.07, 6.45) is 1.82. The predicted molar refractivity (Wildman–Crippen MR) is 91.6 cm³/mol. The van der Waals surface area contributed by atoms with Crippen LogP contribution in [0.25, 0.3) is 11.0 Å². The molecule has 0 N–H and O–H groups in total. The minimum atomic E-state index is -0.628. The van der Waals surface area contributed by atoms with E-state index in [9.17, 15) is 9.59 Å². The van der Waals surface area contributed by atoms with E-state index in [4.69, 9.17) is 9.15 Å². The van der Waals surface area contributed by atoms with Crippen LogP contribution in [-0.2, 0) is 0 Å². The van der Waals surface area contributed by atoms with Gasteiger partial charge in [-0.3, -0.25) is 4.79 Å². The highest BCUT2D eigenvalue weighted by Crippen LogP contribution is 2.25. The van der Waals surface area contributed by atoms with Crippen molar-refractivity contribution in [2.75, 3.05) is 34.3 Å². The van der Waals surface area contributed by atoms with Crippen molar-refractivity contribution in [3.05, 3.63) is 40.2 Å². The van der Waals surface area contributed by atoms with Crippen LogP contribution in [0.15, 0.2) is 33.5 Å². The molecule has 1 amide bonds. The molecular formula is C18H22ClN2O4-. The number of benzene rings is 1. The van der Waals surface area contributed by atoms with Crippen LogP contribution in [-0.4, -0.2) is 56.0 Å². The van der Waals surface area contributed by atoms with E-state index in [1.807, 2.05) is 0 Å². The van der Waals surface area contributed by atoms with Gasteiger partial charge in [0.05, 0.1) is 7.11 Å². The molecule has 136 valence electrons. The lowest BCUT2D eigenvalue weighted by atomic mass is 10.0. The third-order valence-electron chi connectivity index (χ3n) is 4.73. The van der Waals surface area contributed by atoms with Gasteiger partial charge in [0, 0.05) is 18.5 Å². The summed E-state index contributed by atoms with van der Waals surface area (Å²) in [5.41, 5.74) is -0.197. The Bertz CT molecular complexity index is 812. The first kappa shape index (κ1) is 19.3. The lowest BCUT2D eigenvalue weighted by Crippen LogP contribution is -3.00. The van der Waals surface area contributed by atoms with Gasteiger partial charge in [0.2, 0.25) is 0 Å². The Morgan fingerprint density at radius 2 is 2.00 bits per heavy atom. The summed E-state index contributed by atoms with van der Waals surface area (Å²) in [4.78, 5) is 29.0. The minimum absolute atomic E-state index is 0. The number of fused-ring (bicyclic) bond motifs is 1. The lowest BCUT2D eigenvalue weighted by molar-refractivity contribution is -0.0000168. The molecule has 0 unspecified atom stereocenters. The molecule has 1 aromatic heterocycles. The van der Waals surface area contributed by atoms with Crippen LogP contribution in [0.5, 0.6) is 5.75 Å². The Kier molecular flexibility index (Phi) is 6.08. The summed E-state index contributed by atoms with van der Waals surface area (Å²) in [5.74, 6) is 0.190. The number of piperidine rings is 1. The van der Waals surface area contributed by atoms with Gasteiger partial charge < -0.3 is 31.4 Å². The van der Waals surface area contributed by atoms with Crippen LogP contribution in [0.3, 0.4) is 0 Å². The molecule has 1 aliphatic rings. The fourth-order valence-electron chi connectivity index (χ4n) is 3.17. The number of hydrogen-bond acceptors (Lipinski definition) is 5. The maximum atomic E-state index is 12.8. The highest BCUT2D eigenvalue weighted by atomic mass is 35.5. The summed E-state index contributed by atoms with van der Waals surface area (Å²) >= 11 is 0. The molecule has 1 saturated heterocycles. The zero-order valence-electron chi connectivity index (χ0n) is 14.6. The summed E-state index contributed by atoms with van der Waals surface area (Å²) in [6.45, 7) is 1.90. The van der Waals surface area contributed by atoms with Crippen molar-refractivity contribution in [2.24, 2.45) is 0 Å². The van der Waals surface area contributed by atoms with E-state index in [0.29, 0.717) is 16.7 Å². The van der Waals surface area contributed by atoms with Crippen LogP contribution in [0.2, 0.25) is 0 Å². The largest absolute Gasteiger partial charge is 1.00 e. The first-order valence-electron chi connectivity index (χ1n) is 8.08. The van der Waals surface area contributed by atoms with Gasteiger partial charge in [-0.25, -0.2) is 4.79 Å². The monoisotopic (exact) mass is 365 g/mol. The molecule has 0 saturated carbocycles. The Labute approximate surface area is 152 Å². The van der Waals surface area contributed by atoms with Gasteiger partial charge in [-0.2, -0.15) is 0 Å². The van der Waals surface area contributed by atoms with E-state index < -0.39 is 5.63 Å². The summed E-state index contributed by atoms with van der Waals surface area (Å²) in [5, 5.41) is 0.675. The molecule has 0 spiro atoms. The van der Waals surface area contributed by atoms with Gasteiger partial charge in [0.1, 0.15) is 5.56 Å². The molecular weight excluding hydrogens is 344 g/mol. The fraction of sp³-hybridized carbons (Fsp3) is 0.444. The second-order valence-electron chi connectivity index (χ2n) is 6.28. The molecule has 0 aliphatic carbocycles. The van der Waals surface area contributed by atoms with Gasteiger partial charge in [-0.05, 0) is 45.1 Å². The van der Waals surface area contributed by atoms with Crippen LogP contribution >= 0.6 is 0 Å². The number of amides is 1. The van der Waals surface area contributed by atoms with E-state index in [2.05, 4.69) is 11.9 Å². The molecule has 2 aromatic rings. The summed E-state index contributed by atoms with van der Waals surface area (Å²) in [6, 6.07) is 7.06. The molecule has 0 radical (unpaired) electrons. The Morgan fingerprint density at radius 1 is 1.32 bits per heavy atom. The number of halogens is 1. The van der Waals surface area contributed by atoms with Crippen molar-refractivity contribution in [1.29, 1.82) is 0 Å². The van der Waals surface area contributed by atoms with Gasteiger partial charge in [-0.1, -0.05) is 12.1 Å². The van der Waals surface area contributed by atoms with Crippen LogP contribution < -0.4 is 22.8 Å². The van der Waals surface area contributed by atoms with Crippen LogP contribution in [0.1, 0.15) is 23.2 Å². The van der Waals surface area contributed by atoms with Gasteiger partial charge in [-0.15, -0.1) is 0 Å². The number of rotatable bonds is 3. The fourth-order valence-corrected chi connectivity index (χ4v) is 3.17. The van der Waals surface area contributed by atoms with Crippen molar-refractivity contribution >= 4 is 16.9 Å². The topological polar surface area (TPSA) is 63.0 Å². The van der Waals surface area contributed by atoms with E-state index in [0.717, 1.165) is 25.9 Å². The smallest absolute Gasteiger partial charge is 0.349 e. The summed E-state index contributed by atoms with van der Waals surface area (Å²) < 4.78 is 10.6. The Morgan fingerprint density at radius 3 is 2.64 bits per heavy atom. The molecule has 0 atom stereocenters. The Balaban J connectivity index is 0.00000225. The van der Waals surface area contributed by atoms with Crippen molar-refractivity contribution < 1.29 is 26.4 Å². The van der Waals surface area contributed by atoms with Crippen LogP contribution in [0, 0.1) is 0 Å². The number of ether oxygens (including phenoxy) is 1. The predicted octanol–water partition coefficient (Wildman–Crippen LogP) is -1.03. The third kappa shape index (κ3) is 3.80. The SMILES string of the molecule is COc1cccc2cc(C(=O)N(C)C3CCN(C)CC3)c(=O)oc12.[Cl-]. The number of hydrogen-bond donors (Lipinski definition) is 0. The molecule has 2 heterocycles. The normalized spacial score (nSPS) is 15.6. The zero-order valence-corrected chi connectivity index (χ0v) is 15.4. The van der Waals surface area contributed by atoms with E-state index in [1.54, 1.807) is 36.2 Å². The van der Waals surface area contributed by atoms with E-state index in [1.165, 1.54) is 7.11 Å². The van der Waals surface area contributed by atoms with E-state index in [-0.39, 0.29) is 29.9 Å². The quantitative estimate of drug-likeness (QED) is 0.651. The highest BCUT2D eigenvalue weighted by molar-refractivity contribution is 5.97. The van der Waals surface area contributed by atoms with Crippen molar-refractivity contribution in [3.63, 3.8) is 0 Å². The average Bonchev–Trinajstić information content (AvgIpc) is 2.60. The second kappa shape index (κ2) is 7.89. The Hall–Kier alpha value is -2.05. The van der Waals surface area contributed by atoms with Crippen molar-refractivity contribution in [3.8, 4) is 5.75 Å². The van der Waals surface area contributed by atoms with Crippen molar-refractivity contribution in [2.45, 2.75) is 18.9 Å². The molecule has 7 heteroatoms. The number of methoxy groups -OCH3 is 1. The van der Waals surface area contributed by atoms with Gasteiger partial charge >= 0.3 is 5.63 Å². The maximum Gasteiger partial charge on any atom is 0.349 e. The van der Waals surface area contributed by atoms with Gasteiger partial charge in [0.15, 0.2) is 11.3 Å². The standard InChI is InChI=1S/C18H22N2O4.ClH/c1-19-9-7-13(8-10-19)20(2)17(21)14-11-12-5-4-6-15(23-3)16(12)24-18(14)22;/h4-6,11,13H,7-10H2,1-3H3;1H/p-1. The van der Waals surface area contributed by atoms with E-state index >= 15 is 0 Å². The van der Waals surface area contributed by atoms with Crippen LogP contribution in [0.4, 0.5) is 0 Å². The number of carbonyl (C=O) groups excluding carboxylic acids is 1. The molecule has 1 aliphatic heterocycles. The average molecular weight is 366 g/mol.